The Hall–Kier alpha value is -0.261. The molecule has 4 heteroatoms. The van der Waals surface area contributed by atoms with Gasteiger partial charge in [0.2, 0.25) is 0 Å². The molecule has 164 valence electrons. The van der Waals surface area contributed by atoms with Gasteiger partial charge >= 0.3 is 184 Å². The van der Waals surface area contributed by atoms with Crippen LogP contribution in [0.1, 0.15) is 72.1 Å². The molecule has 0 bridgehead atoms. The monoisotopic (exact) mass is 509 g/mol. The average molecular weight is 508 g/mol. The van der Waals surface area contributed by atoms with Crippen molar-refractivity contribution in [3.63, 3.8) is 0 Å². The predicted octanol–water partition coefficient (Wildman–Crippen LogP) is 6.09. The molecule has 0 aromatic heterocycles. The molecule has 2 aliphatic rings. The van der Waals surface area contributed by atoms with Gasteiger partial charge in [-0.25, -0.2) is 0 Å². The zero-order chi connectivity index (χ0) is 20.6. The molecule has 3 rings (SSSR count). The molecule has 0 unspecified atom stereocenters. The van der Waals surface area contributed by atoms with Crippen molar-refractivity contribution in [2.24, 2.45) is 0 Å². The topological polar surface area (TPSA) is 21.7 Å². The first-order chi connectivity index (χ1) is 14.2. The second-order valence-corrected chi connectivity index (χ2v) is 22.5. The molecule has 2 heterocycles. The molecule has 2 aliphatic heterocycles. The van der Waals surface area contributed by atoms with E-state index in [1.54, 1.807) is 16.9 Å². The summed E-state index contributed by atoms with van der Waals surface area (Å²) in [5.74, 6) is -0.275. The Bertz CT molecular complexity index is 566. The van der Waals surface area contributed by atoms with Crippen molar-refractivity contribution >= 4 is 27.6 Å². The number of hydrogen-bond acceptors (Lipinski definition) is 3. The van der Waals surface area contributed by atoms with Crippen LogP contribution in [0.15, 0.2) is 24.3 Å². The quantitative estimate of drug-likeness (QED) is 0.338. The summed E-state index contributed by atoms with van der Waals surface area (Å²) in [5.41, 5.74) is 1.39. The van der Waals surface area contributed by atoms with Gasteiger partial charge in [-0.1, -0.05) is 0 Å². The maximum absolute atomic E-state index is 5.90. The molecule has 3 nitrogen and oxygen atoms in total. The number of nitrogens with zero attached hydrogens (tertiary/aromatic N) is 1. The van der Waals surface area contributed by atoms with Crippen molar-refractivity contribution in [1.82, 2.24) is 0 Å². The Morgan fingerprint density at radius 1 is 0.793 bits per heavy atom. The van der Waals surface area contributed by atoms with E-state index in [0.717, 1.165) is 39.1 Å². The van der Waals surface area contributed by atoms with Crippen molar-refractivity contribution < 1.29 is 9.47 Å². The fourth-order valence-electron chi connectivity index (χ4n) is 5.27. The number of ether oxygens (including phenoxy) is 2. The predicted molar refractivity (Wildman–Crippen MR) is 127 cm³/mol. The van der Waals surface area contributed by atoms with Crippen LogP contribution in [0.4, 0.5) is 5.69 Å². The van der Waals surface area contributed by atoms with Gasteiger partial charge in [0.25, 0.3) is 0 Å². The fourth-order valence-corrected chi connectivity index (χ4v) is 21.2. The molecule has 0 aliphatic carbocycles. The van der Waals surface area contributed by atoms with E-state index in [-0.39, 0.29) is 5.79 Å². The zero-order valence-corrected chi connectivity index (χ0v) is 22.0. The van der Waals surface area contributed by atoms with Crippen LogP contribution in [-0.2, 0) is 9.47 Å². The van der Waals surface area contributed by atoms with Crippen molar-refractivity contribution in [3.8, 4) is 0 Å². The van der Waals surface area contributed by atoms with E-state index in [0.29, 0.717) is 0 Å². The van der Waals surface area contributed by atoms with E-state index in [4.69, 9.17) is 9.47 Å². The summed E-state index contributed by atoms with van der Waals surface area (Å²) in [7, 11) is 0. The van der Waals surface area contributed by atoms with Crippen LogP contribution < -0.4 is 8.48 Å². The molecule has 2 fully saturated rings. The molecular weight excluding hydrogens is 465 g/mol. The van der Waals surface area contributed by atoms with Gasteiger partial charge in [0.1, 0.15) is 0 Å². The number of piperidine rings is 1. The standard InChI is InChI=1S/C13H16NO2.3C4H9.Sn/c1-2-4-12(5-3-1)14-8-6-13(7-9-14)15-10-11-16-13;3*1-3-4-2;/h2-5H,6-11H2;3*1,3-4H2,2H3;. The third-order valence-electron chi connectivity index (χ3n) is 7.21. The first-order valence-corrected chi connectivity index (χ1v) is 19.8. The van der Waals surface area contributed by atoms with E-state index in [9.17, 15) is 0 Å². The van der Waals surface area contributed by atoms with Gasteiger partial charge in [-0.15, -0.1) is 0 Å². The molecule has 0 N–H and O–H groups in total. The van der Waals surface area contributed by atoms with Crippen molar-refractivity contribution in [3.05, 3.63) is 24.3 Å². The van der Waals surface area contributed by atoms with Crippen LogP contribution in [0.25, 0.3) is 0 Å². The van der Waals surface area contributed by atoms with Crippen LogP contribution in [0, 0.1) is 0 Å². The van der Waals surface area contributed by atoms with Crippen LogP contribution in [-0.4, -0.2) is 50.5 Å². The van der Waals surface area contributed by atoms with Gasteiger partial charge in [0.05, 0.1) is 0 Å². The number of rotatable bonds is 11. The Labute approximate surface area is 183 Å². The SMILES string of the molecule is CCC[CH2][Sn]([CH2]CCC)([CH2]CCC)[c]1ccc(N2CCC3(CC2)OCCO3)cc1. The summed E-state index contributed by atoms with van der Waals surface area (Å²) < 4.78 is 18.2. The maximum atomic E-state index is 5.90. The molecule has 0 amide bonds. The van der Waals surface area contributed by atoms with Gasteiger partial charge in [-0.2, -0.15) is 0 Å². The first kappa shape index (κ1) is 23.4. The Kier molecular flexibility index (Phi) is 9.19. The summed E-state index contributed by atoms with van der Waals surface area (Å²) in [6, 6.07) is 9.94. The molecule has 0 saturated carbocycles. The fraction of sp³-hybridized carbons (Fsp3) is 0.760. The number of hydrogen-bond donors (Lipinski definition) is 0. The van der Waals surface area contributed by atoms with Crippen LogP contribution in [0.2, 0.25) is 13.3 Å². The third-order valence-corrected chi connectivity index (χ3v) is 22.9. The second-order valence-electron chi connectivity index (χ2n) is 9.23. The summed E-state index contributed by atoms with van der Waals surface area (Å²) >= 11 is -2.30. The number of unbranched alkanes of at least 4 members (excludes halogenated alkanes) is 3. The van der Waals surface area contributed by atoms with E-state index >= 15 is 0 Å². The first-order valence-electron chi connectivity index (χ1n) is 12.3. The van der Waals surface area contributed by atoms with Crippen molar-refractivity contribution in [1.29, 1.82) is 0 Å². The van der Waals surface area contributed by atoms with Gasteiger partial charge in [-0.05, 0) is 0 Å². The van der Waals surface area contributed by atoms with E-state index in [1.165, 1.54) is 44.2 Å². The molecule has 0 atom stereocenters. The Morgan fingerprint density at radius 2 is 1.28 bits per heavy atom. The normalized spacial score (nSPS) is 19.2. The molecular formula is C25H43NO2Sn. The molecule has 0 radical (unpaired) electrons. The molecule has 29 heavy (non-hydrogen) atoms. The Balaban J connectivity index is 1.72. The van der Waals surface area contributed by atoms with Gasteiger partial charge in [-0.3, -0.25) is 0 Å². The van der Waals surface area contributed by atoms with Gasteiger partial charge in [0, 0.05) is 0 Å². The van der Waals surface area contributed by atoms with E-state index in [1.807, 2.05) is 0 Å². The Morgan fingerprint density at radius 3 is 1.72 bits per heavy atom. The van der Waals surface area contributed by atoms with Crippen molar-refractivity contribution in [2.45, 2.75) is 91.2 Å². The van der Waals surface area contributed by atoms with Crippen LogP contribution in [0.3, 0.4) is 0 Å². The van der Waals surface area contributed by atoms with Gasteiger partial charge in [0.15, 0.2) is 0 Å². The zero-order valence-electron chi connectivity index (χ0n) is 19.2. The molecule has 1 aromatic rings. The summed E-state index contributed by atoms with van der Waals surface area (Å²) in [4.78, 5) is 2.53. The van der Waals surface area contributed by atoms with Crippen LogP contribution in [0.5, 0.6) is 0 Å². The minimum absolute atomic E-state index is 0.275. The second kappa shape index (κ2) is 11.4. The number of benzene rings is 1. The molecule has 2 saturated heterocycles. The molecule has 1 spiro atoms. The number of anilines is 1. The third kappa shape index (κ3) is 5.91. The minimum atomic E-state index is -2.30. The van der Waals surface area contributed by atoms with E-state index < -0.39 is 18.4 Å². The van der Waals surface area contributed by atoms with Gasteiger partial charge < -0.3 is 0 Å². The summed E-state index contributed by atoms with van der Waals surface area (Å²) in [5, 5.41) is 0. The van der Waals surface area contributed by atoms with Crippen LogP contribution >= 0.6 is 0 Å². The van der Waals surface area contributed by atoms with E-state index in [2.05, 4.69) is 49.9 Å². The van der Waals surface area contributed by atoms with Crippen molar-refractivity contribution in [2.75, 3.05) is 31.2 Å². The molecule has 1 aromatic carbocycles. The summed E-state index contributed by atoms with van der Waals surface area (Å²) in [6.07, 6.45) is 10.3. The average Bonchev–Trinajstić information content (AvgIpc) is 3.22. The summed E-state index contributed by atoms with van der Waals surface area (Å²) in [6.45, 7) is 10.7.